The Morgan fingerprint density at radius 1 is 0.769 bits per heavy atom. The predicted molar refractivity (Wildman–Crippen MR) is 156 cm³/mol. The number of para-hydroxylation sites is 1. The van der Waals surface area contributed by atoms with Crippen molar-refractivity contribution < 1.29 is 14.3 Å². The van der Waals surface area contributed by atoms with Crippen LogP contribution in [0.3, 0.4) is 0 Å². The Morgan fingerprint density at radius 2 is 1.36 bits per heavy atom. The van der Waals surface area contributed by atoms with E-state index in [1.165, 1.54) is 0 Å². The van der Waals surface area contributed by atoms with Gasteiger partial charge in [-0.3, -0.25) is 9.59 Å². The Balaban J connectivity index is 1.65. The van der Waals surface area contributed by atoms with Crippen molar-refractivity contribution in [3.8, 4) is 5.75 Å². The lowest BCUT2D eigenvalue weighted by Crippen LogP contribution is -2.50. The fourth-order valence-corrected chi connectivity index (χ4v) is 4.62. The van der Waals surface area contributed by atoms with Gasteiger partial charge < -0.3 is 15.0 Å². The van der Waals surface area contributed by atoms with Gasteiger partial charge in [-0.15, -0.1) is 0 Å². The number of rotatable bonds is 11. The number of hydrogen-bond acceptors (Lipinski definition) is 3. The van der Waals surface area contributed by atoms with Gasteiger partial charge in [0.2, 0.25) is 11.8 Å². The van der Waals surface area contributed by atoms with Crippen LogP contribution in [-0.4, -0.2) is 29.9 Å². The van der Waals surface area contributed by atoms with Crippen molar-refractivity contribution in [2.75, 3.05) is 7.11 Å². The topological polar surface area (TPSA) is 58.6 Å². The van der Waals surface area contributed by atoms with Gasteiger partial charge in [0.05, 0.1) is 13.5 Å². The molecule has 39 heavy (non-hydrogen) atoms. The zero-order chi connectivity index (χ0) is 27.6. The van der Waals surface area contributed by atoms with Crippen LogP contribution in [0, 0.1) is 0 Å². The number of ether oxygens (including phenoxy) is 1. The average Bonchev–Trinajstić information content (AvgIpc) is 2.96. The quantitative estimate of drug-likeness (QED) is 0.228. The molecule has 0 heterocycles. The van der Waals surface area contributed by atoms with Crippen LogP contribution in [0.15, 0.2) is 103 Å². The Labute approximate surface area is 239 Å². The summed E-state index contributed by atoms with van der Waals surface area (Å²) in [5.41, 5.74) is 3.50. The Bertz CT molecular complexity index is 1380. The van der Waals surface area contributed by atoms with E-state index in [0.717, 1.165) is 22.3 Å². The molecule has 0 radical (unpaired) electrons. The lowest BCUT2D eigenvalue weighted by Gasteiger charge is -2.32. The molecule has 200 valence electrons. The summed E-state index contributed by atoms with van der Waals surface area (Å²) in [7, 11) is 1.60. The van der Waals surface area contributed by atoms with Crippen LogP contribution in [0.4, 0.5) is 0 Å². The van der Waals surface area contributed by atoms with Gasteiger partial charge in [0.25, 0.3) is 0 Å². The van der Waals surface area contributed by atoms with Gasteiger partial charge in [-0.05, 0) is 47.0 Å². The van der Waals surface area contributed by atoms with E-state index in [1.807, 2.05) is 78.9 Å². The summed E-state index contributed by atoms with van der Waals surface area (Å²) < 4.78 is 5.45. The fraction of sp³-hybridized carbons (Fsp3) is 0.188. The molecule has 4 aromatic carbocycles. The van der Waals surface area contributed by atoms with Crippen molar-refractivity contribution in [3.63, 3.8) is 0 Å². The number of halogens is 2. The monoisotopic (exact) mass is 560 g/mol. The Morgan fingerprint density at radius 3 is 2.00 bits per heavy atom. The molecular weight excluding hydrogens is 531 g/mol. The molecule has 1 N–H and O–H groups in total. The van der Waals surface area contributed by atoms with Crippen LogP contribution in [0.2, 0.25) is 10.0 Å². The Kier molecular flexibility index (Phi) is 10.0. The number of carbonyl (C=O) groups is 2. The van der Waals surface area contributed by atoms with E-state index >= 15 is 0 Å². The minimum Gasteiger partial charge on any atom is -0.496 e. The van der Waals surface area contributed by atoms with E-state index in [2.05, 4.69) is 5.32 Å². The molecule has 4 aromatic rings. The minimum absolute atomic E-state index is 0.135. The molecule has 2 amide bonds. The summed E-state index contributed by atoms with van der Waals surface area (Å²) >= 11 is 12.2. The van der Waals surface area contributed by atoms with Crippen molar-refractivity contribution in [1.82, 2.24) is 10.2 Å². The van der Waals surface area contributed by atoms with Crippen molar-refractivity contribution in [2.24, 2.45) is 0 Å². The van der Waals surface area contributed by atoms with E-state index < -0.39 is 6.04 Å². The summed E-state index contributed by atoms with van der Waals surface area (Å²) in [5.74, 6) is 0.276. The molecule has 5 nitrogen and oxygen atoms in total. The zero-order valence-corrected chi connectivity index (χ0v) is 23.2. The van der Waals surface area contributed by atoms with Crippen molar-refractivity contribution in [2.45, 2.75) is 32.0 Å². The molecule has 0 bridgehead atoms. The molecule has 0 saturated carbocycles. The standard InChI is InChI=1S/C32H30Cl2N2O3/c1-39-30-10-6-5-9-26(30)21-35-32(38)29(19-23-7-3-2-4-8-23)36(22-25-13-17-28(34)18-14-25)31(37)20-24-11-15-27(33)16-12-24/h2-18,29H,19-22H2,1H3,(H,35,38)/t29-/m0/s1. The van der Waals surface area contributed by atoms with E-state index in [-0.39, 0.29) is 31.3 Å². The second-order valence-corrected chi connectivity index (χ2v) is 10.1. The normalized spacial score (nSPS) is 11.5. The van der Waals surface area contributed by atoms with E-state index in [4.69, 9.17) is 27.9 Å². The van der Waals surface area contributed by atoms with Crippen LogP contribution in [0.25, 0.3) is 0 Å². The van der Waals surface area contributed by atoms with Crippen molar-refractivity contribution in [3.05, 3.63) is 135 Å². The molecule has 0 fully saturated rings. The van der Waals surface area contributed by atoms with Crippen molar-refractivity contribution in [1.29, 1.82) is 0 Å². The van der Waals surface area contributed by atoms with Crippen LogP contribution < -0.4 is 10.1 Å². The highest BCUT2D eigenvalue weighted by atomic mass is 35.5. The molecule has 0 aliphatic carbocycles. The summed E-state index contributed by atoms with van der Waals surface area (Å²) in [5, 5.41) is 4.25. The third-order valence-electron chi connectivity index (χ3n) is 6.45. The number of amides is 2. The van der Waals surface area contributed by atoms with Gasteiger partial charge in [-0.2, -0.15) is 0 Å². The number of methoxy groups -OCH3 is 1. The highest BCUT2D eigenvalue weighted by molar-refractivity contribution is 6.30. The minimum atomic E-state index is -0.752. The van der Waals surface area contributed by atoms with Gasteiger partial charge in [-0.1, -0.05) is 96.0 Å². The molecule has 0 spiro atoms. The number of benzene rings is 4. The number of nitrogens with one attached hydrogen (secondary N) is 1. The predicted octanol–water partition coefficient (Wildman–Crippen LogP) is 6.50. The maximum Gasteiger partial charge on any atom is 0.243 e. The molecule has 0 unspecified atom stereocenters. The van der Waals surface area contributed by atoms with Gasteiger partial charge >= 0.3 is 0 Å². The summed E-state index contributed by atoms with van der Waals surface area (Å²) in [4.78, 5) is 29.3. The number of carbonyl (C=O) groups excluding carboxylic acids is 2. The molecule has 4 rings (SSSR count). The van der Waals surface area contributed by atoms with Crippen LogP contribution in [-0.2, 0) is 35.5 Å². The fourth-order valence-electron chi connectivity index (χ4n) is 4.37. The smallest absolute Gasteiger partial charge is 0.243 e. The number of nitrogens with zero attached hydrogens (tertiary/aromatic N) is 1. The van der Waals surface area contributed by atoms with Gasteiger partial charge in [0.1, 0.15) is 11.8 Å². The van der Waals surface area contributed by atoms with E-state index in [9.17, 15) is 9.59 Å². The maximum atomic E-state index is 13.8. The lowest BCUT2D eigenvalue weighted by atomic mass is 10.0. The van der Waals surface area contributed by atoms with Gasteiger partial charge in [0.15, 0.2) is 0 Å². The average molecular weight is 562 g/mol. The first-order chi connectivity index (χ1) is 18.9. The second kappa shape index (κ2) is 13.8. The zero-order valence-electron chi connectivity index (χ0n) is 21.6. The van der Waals surface area contributed by atoms with Crippen molar-refractivity contribution >= 4 is 35.0 Å². The van der Waals surface area contributed by atoms with Crippen LogP contribution in [0.5, 0.6) is 5.75 Å². The first-order valence-electron chi connectivity index (χ1n) is 12.6. The summed E-state index contributed by atoms with van der Waals surface area (Å²) in [6.45, 7) is 0.525. The van der Waals surface area contributed by atoms with E-state index in [1.54, 1.807) is 36.3 Å². The third-order valence-corrected chi connectivity index (χ3v) is 6.96. The second-order valence-electron chi connectivity index (χ2n) is 9.19. The SMILES string of the molecule is COc1ccccc1CNC(=O)[C@H](Cc1ccccc1)N(Cc1ccc(Cl)cc1)C(=O)Cc1ccc(Cl)cc1. The lowest BCUT2D eigenvalue weighted by molar-refractivity contribution is -0.140. The first-order valence-corrected chi connectivity index (χ1v) is 13.4. The molecule has 0 aliphatic heterocycles. The maximum absolute atomic E-state index is 13.8. The highest BCUT2D eigenvalue weighted by Crippen LogP contribution is 2.20. The summed E-state index contributed by atoms with van der Waals surface area (Å²) in [6.07, 6.45) is 0.494. The third kappa shape index (κ3) is 8.09. The largest absolute Gasteiger partial charge is 0.496 e. The molecule has 0 aromatic heterocycles. The molecule has 1 atom stereocenters. The van der Waals surface area contributed by atoms with Crippen LogP contribution >= 0.6 is 23.2 Å². The highest BCUT2D eigenvalue weighted by Gasteiger charge is 2.30. The summed E-state index contributed by atoms with van der Waals surface area (Å²) in [6, 6.07) is 31.0. The molecular formula is C32H30Cl2N2O3. The molecule has 0 aliphatic rings. The van der Waals surface area contributed by atoms with E-state index in [0.29, 0.717) is 22.2 Å². The van der Waals surface area contributed by atoms with Gasteiger partial charge in [0, 0.05) is 35.1 Å². The first kappa shape index (κ1) is 28.2. The van der Waals surface area contributed by atoms with Crippen LogP contribution in [0.1, 0.15) is 22.3 Å². The molecule has 0 saturated heterocycles. The molecule has 7 heteroatoms. The number of hydrogen-bond donors (Lipinski definition) is 1. The Hall–Kier alpha value is -3.80. The van der Waals surface area contributed by atoms with Gasteiger partial charge in [-0.25, -0.2) is 0 Å².